The third-order valence-corrected chi connectivity index (χ3v) is 2.52. The molecule has 0 saturated heterocycles. The van der Waals surface area contributed by atoms with Crippen LogP contribution in [0.2, 0.25) is 0 Å². The number of carbonyl (C=O) groups is 2. The Bertz CT molecular complexity index is 453. The van der Waals surface area contributed by atoms with Crippen molar-refractivity contribution in [3.8, 4) is 0 Å². The Morgan fingerprint density at radius 2 is 1.70 bits per heavy atom. The molecule has 0 saturated carbocycles. The van der Waals surface area contributed by atoms with Crippen molar-refractivity contribution in [2.75, 3.05) is 5.32 Å². The van der Waals surface area contributed by atoms with E-state index in [9.17, 15) is 9.59 Å². The lowest BCUT2D eigenvalue weighted by molar-refractivity contribution is -0.118. The maximum Gasteiger partial charge on any atom is 0.407 e. The summed E-state index contributed by atoms with van der Waals surface area (Å²) in [5.41, 5.74) is 1.60. The fourth-order valence-corrected chi connectivity index (χ4v) is 1.40. The van der Waals surface area contributed by atoms with Crippen LogP contribution in [0.5, 0.6) is 0 Å². The monoisotopic (exact) mass is 278 g/mol. The smallest absolute Gasteiger partial charge is 0.407 e. The van der Waals surface area contributed by atoms with Crippen LogP contribution in [0.4, 0.5) is 10.5 Å². The van der Waals surface area contributed by atoms with E-state index in [2.05, 4.69) is 10.6 Å². The van der Waals surface area contributed by atoms with Gasteiger partial charge in [0, 0.05) is 17.6 Å². The quantitative estimate of drug-likeness (QED) is 0.870. The van der Waals surface area contributed by atoms with Gasteiger partial charge < -0.3 is 15.4 Å². The van der Waals surface area contributed by atoms with E-state index >= 15 is 0 Å². The highest BCUT2D eigenvalue weighted by Gasteiger charge is 2.07. The van der Waals surface area contributed by atoms with Crippen LogP contribution in [0.25, 0.3) is 0 Å². The lowest BCUT2D eigenvalue weighted by Gasteiger charge is -2.10. The van der Waals surface area contributed by atoms with Crippen molar-refractivity contribution in [1.82, 2.24) is 5.32 Å². The molecule has 0 bridgehead atoms. The molecule has 0 aliphatic heterocycles. The number of benzene rings is 1. The Kier molecular flexibility index (Phi) is 6.03. The number of carbonyl (C=O) groups excluding carboxylic acids is 2. The van der Waals surface area contributed by atoms with Crippen LogP contribution in [-0.4, -0.2) is 18.0 Å². The van der Waals surface area contributed by atoms with Crippen LogP contribution in [0.3, 0.4) is 0 Å². The van der Waals surface area contributed by atoms with Crippen molar-refractivity contribution in [3.63, 3.8) is 0 Å². The van der Waals surface area contributed by atoms with Gasteiger partial charge in [-0.15, -0.1) is 0 Å². The van der Waals surface area contributed by atoms with Gasteiger partial charge in [0.05, 0.1) is 0 Å². The first-order chi connectivity index (χ1) is 9.38. The molecular weight excluding hydrogens is 256 g/mol. The Morgan fingerprint density at radius 1 is 1.10 bits per heavy atom. The first-order valence-electron chi connectivity index (χ1n) is 6.71. The first-order valence-corrected chi connectivity index (χ1v) is 6.71. The molecule has 1 aromatic rings. The van der Waals surface area contributed by atoms with Gasteiger partial charge in [-0.1, -0.05) is 26.0 Å². The normalized spacial score (nSPS) is 10.5. The van der Waals surface area contributed by atoms with E-state index in [1.165, 1.54) is 0 Å². The number of hydrogen-bond donors (Lipinski definition) is 2. The van der Waals surface area contributed by atoms with Crippen LogP contribution < -0.4 is 10.6 Å². The summed E-state index contributed by atoms with van der Waals surface area (Å²) in [5.74, 6) is -0.0805. The van der Waals surface area contributed by atoms with Crippen LogP contribution in [0.1, 0.15) is 33.3 Å². The lowest BCUT2D eigenvalue weighted by atomic mass is 10.2. The number of nitrogens with one attached hydrogen (secondary N) is 2. The maximum atomic E-state index is 11.5. The Hall–Kier alpha value is -2.04. The van der Waals surface area contributed by atoms with Gasteiger partial charge in [0.25, 0.3) is 0 Å². The van der Waals surface area contributed by atoms with E-state index < -0.39 is 6.09 Å². The molecule has 110 valence electrons. The molecule has 0 aliphatic rings. The summed E-state index contributed by atoms with van der Waals surface area (Å²) in [5, 5.41) is 5.45. The van der Waals surface area contributed by atoms with Crippen LogP contribution in [0, 0.1) is 5.92 Å². The zero-order valence-electron chi connectivity index (χ0n) is 12.4. The molecule has 5 heteroatoms. The number of amides is 2. The van der Waals surface area contributed by atoms with Gasteiger partial charge in [0.15, 0.2) is 0 Å². The van der Waals surface area contributed by atoms with Crippen LogP contribution in [0.15, 0.2) is 24.3 Å². The predicted molar refractivity (Wildman–Crippen MR) is 78.4 cm³/mol. The van der Waals surface area contributed by atoms with Crippen molar-refractivity contribution < 1.29 is 14.3 Å². The molecule has 0 aliphatic carbocycles. The molecule has 0 atom stereocenters. The van der Waals surface area contributed by atoms with Crippen LogP contribution >= 0.6 is 0 Å². The van der Waals surface area contributed by atoms with Gasteiger partial charge in [-0.05, 0) is 31.5 Å². The van der Waals surface area contributed by atoms with Gasteiger partial charge >= 0.3 is 6.09 Å². The van der Waals surface area contributed by atoms with Crippen molar-refractivity contribution in [2.45, 2.75) is 40.3 Å². The first kappa shape index (κ1) is 16.0. The van der Waals surface area contributed by atoms with E-state index in [0.717, 1.165) is 11.3 Å². The molecule has 0 unspecified atom stereocenters. The number of rotatable bonds is 5. The van der Waals surface area contributed by atoms with E-state index in [1.54, 1.807) is 12.1 Å². The minimum absolute atomic E-state index is 0.0229. The molecule has 0 heterocycles. The Morgan fingerprint density at radius 3 is 2.20 bits per heavy atom. The van der Waals surface area contributed by atoms with Gasteiger partial charge in [-0.3, -0.25) is 4.79 Å². The Balaban J connectivity index is 2.46. The van der Waals surface area contributed by atoms with Gasteiger partial charge in [-0.2, -0.15) is 0 Å². The summed E-state index contributed by atoms with van der Waals surface area (Å²) in [6.07, 6.45) is -0.433. The zero-order chi connectivity index (χ0) is 15.1. The fraction of sp³-hybridized carbons (Fsp3) is 0.467. The number of hydrogen-bond acceptors (Lipinski definition) is 3. The molecule has 2 N–H and O–H groups in total. The number of ether oxygens (including phenoxy) is 1. The zero-order valence-corrected chi connectivity index (χ0v) is 12.4. The van der Waals surface area contributed by atoms with Gasteiger partial charge in [0.2, 0.25) is 5.91 Å². The molecule has 5 nitrogen and oxygen atoms in total. The average Bonchev–Trinajstić information content (AvgIpc) is 2.37. The van der Waals surface area contributed by atoms with Crippen molar-refractivity contribution in [3.05, 3.63) is 29.8 Å². The molecule has 20 heavy (non-hydrogen) atoms. The fourth-order valence-electron chi connectivity index (χ4n) is 1.40. The molecule has 1 rings (SSSR count). The molecule has 0 fully saturated rings. The van der Waals surface area contributed by atoms with Crippen LogP contribution in [-0.2, 0) is 16.1 Å². The summed E-state index contributed by atoms with van der Waals surface area (Å²) in [7, 11) is 0. The highest BCUT2D eigenvalue weighted by atomic mass is 16.5. The van der Waals surface area contributed by atoms with E-state index in [0.29, 0.717) is 0 Å². The molecular formula is C15H22N2O3. The average molecular weight is 278 g/mol. The van der Waals surface area contributed by atoms with E-state index in [-0.39, 0.29) is 24.5 Å². The second-order valence-electron chi connectivity index (χ2n) is 5.22. The third kappa shape index (κ3) is 5.73. The third-order valence-electron chi connectivity index (χ3n) is 2.52. The molecule has 0 aromatic heterocycles. The minimum atomic E-state index is -0.433. The van der Waals surface area contributed by atoms with Crippen molar-refractivity contribution in [1.29, 1.82) is 0 Å². The highest BCUT2D eigenvalue weighted by Crippen LogP contribution is 2.11. The second kappa shape index (κ2) is 7.53. The standard InChI is InChI=1S/C15H22N2O3/c1-10(2)14(18)17-13-7-5-12(6-8-13)9-20-15(19)16-11(3)4/h5-8,10-11H,9H2,1-4H3,(H,16,19)(H,17,18). The minimum Gasteiger partial charge on any atom is -0.445 e. The second-order valence-corrected chi connectivity index (χ2v) is 5.22. The molecule has 0 radical (unpaired) electrons. The number of anilines is 1. The van der Waals surface area contributed by atoms with Crippen molar-refractivity contribution >= 4 is 17.7 Å². The highest BCUT2D eigenvalue weighted by molar-refractivity contribution is 5.92. The maximum absolute atomic E-state index is 11.5. The summed E-state index contributed by atoms with van der Waals surface area (Å²) in [6, 6.07) is 7.27. The van der Waals surface area contributed by atoms with E-state index in [1.807, 2.05) is 39.8 Å². The number of alkyl carbamates (subject to hydrolysis) is 1. The molecule has 1 aromatic carbocycles. The molecule has 0 spiro atoms. The summed E-state index contributed by atoms with van der Waals surface area (Å²) in [4.78, 5) is 22.8. The van der Waals surface area contributed by atoms with E-state index in [4.69, 9.17) is 4.74 Å². The topological polar surface area (TPSA) is 67.4 Å². The van der Waals surface area contributed by atoms with Gasteiger partial charge in [-0.25, -0.2) is 4.79 Å². The SMILES string of the molecule is CC(C)NC(=O)OCc1ccc(NC(=O)C(C)C)cc1. The summed E-state index contributed by atoms with van der Waals surface area (Å²) in [6.45, 7) is 7.62. The van der Waals surface area contributed by atoms with Gasteiger partial charge in [0.1, 0.15) is 6.61 Å². The lowest BCUT2D eigenvalue weighted by Crippen LogP contribution is -2.30. The van der Waals surface area contributed by atoms with Crippen molar-refractivity contribution in [2.24, 2.45) is 5.92 Å². The largest absolute Gasteiger partial charge is 0.445 e. The summed E-state index contributed by atoms with van der Waals surface area (Å²) >= 11 is 0. The predicted octanol–water partition coefficient (Wildman–Crippen LogP) is 2.92. The molecule has 2 amide bonds. The Labute approximate surface area is 119 Å². The summed E-state index contributed by atoms with van der Waals surface area (Å²) < 4.78 is 5.06.